The highest BCUT2D eigenvalue weighted by molar-refractivity contribution is 5.95. The van der Waals surface area contributed by atoms with Gasteiger partial charge in [-0.3, -0.25) is 9.89 Å². The summed E-state index contributed by atoms with van der Waals surface area (Å²) in [6, 6.07) is 1.38. The highest BCUT2D eigenvalue weighted by Gasteiger charge is 2.30. The van der Waals surface area contributed by atoms with Gasteiger partial charge in [-0.2, -0.15) is 15.2 Å². The normalized spacial score (nSPS) is 17.8. The van der Waals surface area contributed by atoms with Gasteiger partial charge in [0.25, 0.3) is 18.1 Å². The molecule has 1 N–H and O–H groups in total. The first-order valence-corrected chi connectivity index (χ1v) is 9.27. The molecule has 0 radical (unpaired) electrons. The number of hydrogen-bond acceptors (Lipinski definition) is 5. The summed E-state index contributed by atoms with van der Waals surface area (Å²) >= 11 is 0. The van der Waals surface area contributed by atoms with Crippen molar-refractivity contribution in [1.82, 2.24) is 34.7 Å². The van der Waals surface area contributed by atoms with Crippen molar-refractivity contribution in [1.29, 1.82) is 0 Å². The number of nitrogens with one attached hydrogen (secondary N) is 1. The van der Waals surface area contributed by atoms with Crippen molar-refractivity contribution in [2.75, 3.05) is 13.1 Å². The van der Waals surface area contributed by atoms with Gasteiger partial charge in [0.05, 0.1) is 17.0 Å². The topological polar surface area (TPSA) is 92.1 Å². The molecule has 1 fully saturated rings. The molecule has 148 valence electrons. The Morgan fingerprint density at radius 3 is 2.93 bits per heavy atom. The van der Waals surface area contributed by atoms with E-state index in [9.17, 15) is 13.6 Å². The van der Waals surface area contributed by atoms with E-state index in [0.717, 1.165) is 18.5 Å². The summed E-state index contributed by atoms with van der Waals surface area (Å²) in [6.45, 7) is 5.00. The van der Waals surface area contributed by atoms with Gasteiger partial charge in [-0.1, -0.05) is 13.8 Å². The van der Waals surface area contributed by atoms with Gasteiger partial charge in [-0.15, -0.1) is 0 Å². The number of piperidine rings is 1. The first-order valence-electron chi connectivity index (χ1n) is 9.27. The molecule has 1 aliphatic heterocycles. The number of aromatic amines is 1. The van der Waals surface area contributed by atoms with Crippen LogP contribution in [0.3, 0.4) is 0 Å². The lowest BCUT2D eigenvalue weighted by atomic mass is 9.93. The predicted molar refractivity (Wildman–Crippen MR) is 96.3 cm³/mol. The maximum absolute atomic E-state index is 13.3. The third kappa shape index (κ3) is 3.23. The van der Waals surface area contributed by atoms with Gasteiger partial charge < -0.3 is 4.90 Å². The maximum atomic E-state index is 13.3. The Labute approximate surface area is 160 Å². The van der Waals surface area contributed by atoms with Crippen molar-refractivity contribution in [3.8, 4) is 0 Å². The molecule has 4 rings (SSSR count). The van der Waals surface area contributed by atoms with Crippen LogP contribution in [0.15, 0.2) is 18.6 Å². The van der Waals surface area contributed by atoms with Gasteiger partial charge in [0.1, 0.15) is 12.0 Å². The summed E-state index contributed by atoms with van der Waals surface area (Å²) < 4.78 is 28.0. The van der Waals surface area contributed by atoms with Crippen molar-refractivity contribution < 1.29 is 13.6 Å². The molecule has 1 aliphatic rings. The molecule has 1 atom stereocenters. The second-order valence-electron chi connectivity index (χ2n) is 7.31. The van der Waals surface area contributed by atoms with E-state index in [0.29, 0.717) is 24.3 Å². The molecule has 1 amide bonds. The van der Waals surface area contributed by atoms with Crippen LogP contribution < -0.4 is 0 Å². The van der Waals surface area contributed by atoms with Gasteiger partial charge in [0.15, 0.2) is 0 Å². The highest BCUT2D eigenvalue weighted by Crippen LogP contribution is 2.30. The Morgan fingerprint density at radius 1 is 1.36 bits per heavy atom. The lowest BCUT2D eigenvalue weighted by Crippen LogP contribution is -2.40. The number of fused-ring (bicyclic) bond motifs is 1. The number of rotatable bonds is 4. The van der Waals surface area contributed by atoms with Crippen LogP contribution in [-0.4, -0.2) is 53.7 Å². The average molecular weight is 389 g/mol. The van der Waals surface area contributed by atoms with Crippen LogP contribution >= 0.6 is 0 Å². The monoisotopic (exact) mass is 389 g/mol. The van der Waals surface area contributed by atoms with Crippen LogP contribution in [0.4, 0.5) is 8.78 Å². The van der Waals surface area contributed by atoms with E-state index in [1.54, 1.807) is 11.1 Å². The first-order chi connectivity index (χ1) is 13.5. The Balaban J connectivity index is 1.64. The summed E-state index contributed by atoms with van der Waals surface area (Å²) in [7, 11) is 0. The van der Waals surface area contributed by atoms with Crippen LogP contribution in [0.2, 0.25) is 0 Å². The molecule has 0 saturated carbocycles. The standard InChI is InChI=1S/C18H21F2N7O/c1-10(2)15-12(7-22-25-15)17(28)26-5-3-4-11(8-26)14-6-13(16(19)20)24-18-21-9-23-27(14)18/h6-7,9-11,16H,3-5,8H2,1-2H3,(H,22,25)/t11-/m0/s1. The van der Waals surface area contributed by atoms with Gasteiger partial charge in [0.2, 0.25) is 0 Å². The summed E-state index contributed by atoms with van der Waals surface area (Å²) in [5.41, 5.74) is 1.57. The molecule has 0 aromatic carbocycles. The van der Waals surface area contributed by atoms with Crippen LogP contribution in [0.5, 0.6) is 0 Å². The Kier molecular flexibility index (Phi) is 4.78. The van der Waals surface area contributed by atoms with Crippen molar-refractivity contribution >= 4 is 11.7 Å². The largest absolute Gasteiger partial charge is 0.338 e. The summed E-state index contributed by atoms with van der Waals surface area (Å²) in [6.07, 6.45) is 1.77. The van der Waals surface area contributed by atoms with Gasteiger partial charge >= 0.3 is 0 Å². The lowest BCUT2D eigenvalue weighted by molar-refractivity contribution is 0.0703. The molecule has 0 bridgehead atoms. The number of likely N-dealkylation sites (tertiary alicyclic amines) is 1. The van der Waals surface area contributed by atoms with Crippen LogP contribution in [0, 0.1) is 0 Å². The van der Waals surface area contributed by atoms with E-state index in [-0.39, 0.29) is 29.2 Å². The van der Waals surface area contributed by atoms with Crippen LogP contribution in [-0.2, 0) is 0 Å². The van der Waals surface area contributed by atoms with Crippen molar-refractivity contribution in [3.05, 3.63) is 41.2 Å². The Bertz CT molecular complexity index is 997. The van der Waals surface area contributed by atoms with Crippen LogP contribution in [0.1, 0.15) is 72.4 Å². The van der Waals surface area contributed by atoms with E-state index in [2.05, 4.69) is 25.3 Å². The Hall–Kier alpha value is -2.91. The third-order valence-corrected chi connectivity index (χ3v) is 5.10. The van der Waals surface area contributed by atoms with E-state index >= 15 is 0 Å². The zero-order valence-corrected chi connectivity index (χ0v) is 15.6. The lowest BCUT2D eigenvalue weighted by Gasteiger charge is -2.33. The van der Waals surface area contributed by atoms with E-state index in [1.807, 2.05) is 13.8 Å². The van der Waals surface area contributed by atoms with Gasteiger partial charge in [-0.25, -0.2) is 18.3 Å². The van der Waals surface area contributed by atoms with E-state index in [4.69, 9.17) is 0 Å². The maximum Gasteiger partial charge on any atom is 0.280 e. The van der Waals surface area contributed by atoms with E-state index in [1.165, 1.54) is 16.9 Å². The molecular weight excluding hydrogens is 368 g/mol. The van der Waals surface area contributed by atoms with Crippen molar-refractivity contribution in [2.24, 2.45) is 0 Å². The zero-order valence-electron chi connectivity index (χ0n) is 15.6. The fraction of sp³-hybridized carbons (Fsp3) is 0.500. The molecule has 1 saturated heterocycles. The average Bonchev–Trinajstić information content (AvgIpc) is 3.35. The molecule has 3 aromatic heterocycles. The summed E-state index contributed by atoms with van der Waals surface area (Å²) in [5, 5.41) is 11.1. The van der Waals surface area contributed by atoms with Crippen molar-refractivity contribution in [2.45, 2.75) is 45.0 Å². The molecule has 0 unspecified atom stereocenters. The number of nitrogens with zero attached hydrogens (tertiary/aromatic N) is 6. The second kappa shape index (κ2) is 7.25. The van der Waals surface area contributed by atoms with Gasteiger partial charge in [0, 0.05) is 25.2 Å². The minimum Gasteiger partial charge on any atom is -0.338 e. The Morgan fingerprint density at radius 2 is 2.18 bits per heavy atom. The number of amides is 1. The van der Waals surface area contributed by atoms with Crippen molar-refractivity contribution in [3.63, 3.8) is 0 Å². The number of aromatic nitrogens is 6. The number of halogens is 2. The molecule has 3 aromatic rings. The zero-order chi connectivity index (χ0) is 19.8. The number of H-pyrrole nitrogens is 1. The minimum absolute atomic E-state index is 0.0971. The fourth-order valence-electron chi connectivity index (χ4n) is 3.74. The number of carbonyl (C=O) groups excluding carboxylic acids is 1. The molecule has 4 heterocycles. The number of carbonyl (C=O) groups is 1. The summed E-state index contributed by atoms with van der Waals surface area (Å²) in [5.74, 6) is 0.0412. The first kappa shape index (κ1) is 18.5. The predicted octanol–water partition coefficient (Wildman–Crippen LogP) is 2.93. The summed E-state index contributed by atoms with van der Waals surface area (Å²) in [4.78, 5) is 22.6. The molecule has 0 aliphatic carbocycles. The SMILES string of the molecule is CC(C)c1n[nH]cc1C(=O)N1CCC[C@H](c2cc(C(F)F)nc3ncnn23)C1. The smallest absolute Gasteiger partial charge is 0.280 e. The second-order valence-corrected chi connectivity index (χ2v) is 7.31. The molecule has 10 heteroatoms. The fourth-order valence-corrected chi connectivity index (χ4v) is 3.74. The van der Waals surface area contributed by atoms with E-state index < -0.39 is 6.43 Å². The number of hydrogen-bond donors (Lipinski definition) is 1. The van der Waals surface area contributed by atoms with Crippen LogP contribution in [0.25, 0.3) is 5.78 Å². The quantitative estimate of drug-likeness (QED) is 0.741. The number of alkyl halides is 2. The molecular formula is C18H21F2N7O. The van der Waals surface area contributed by atoms with Gasteiger partial charge in [-0.05, 0) is 24.8 Å². The molecule has 0 spiro atoms. The minimum atomic E-state index is -2.69. The molecule has 8 nitrogen and oxygen atoms in total. The third-order valence-electron chi connectivity index (χ3n) is 5.10. The highest BCUT2D eigenvalue weighted by atomic mass is 19.3. The molecule has 28 heavy (non-hydrogen) atoms.